The molecule has 0 saturated heterocycles. The molecular weight excluding hydrogens is 496 g/mol. The molecule has 0 fully saturated rings. The zero-order valence-electron chi connectivity index (χ0n) is 17.8. The van der Waals surface area contributed by atoms with E-state index in [2.05, 4.69) is 30.3 Å². The smallest absolute Gasteiger partial charge is 0.272 e. The van der Waals surface area contributed by atoms with E-state index in [9.17, 15) is 18.0 Å². The number of hydrogen-bond acceptors (Lipinski definition) is 7. The minimum atomic E-state index is -3.91. The van der Waals surface area contributed by atoms with Gasteiger partial charge < -0.3 is 20.4 Å². The number of aromatic nitrogens is 3. The van der Waals surface area contributed by atoms with E-state index in [0.717, 1.165) is 5.56 Å². The Morgan fingerprint density at radius 1 is 1.14 bits per heavy atom. The highest BCUT2D eigenvalue weighted by Gasteiger charge is 2.21. The number of aromatic amines is 1. The Hall–Kier alpha value is -4.16. The van der Waals surface area contributed by atoms with Crippen LogP contribution in [0.3, 0.4) is 0 Å². The number of sulfonamides is 1. The van der Waals surface area contributed by atoms with Crippen LogP contribution in [-0.4, -0.2) is 41.8 Å². The van der Waals surface area contributed by atoms with E-state index in [-0.39, 0.29) is 46.4 Å². The van der Waals surface area contributed by atoms with Crippen LogP contribution in [0.1, 0.15) is 16.1 Å². The number of ether oxygens (including phenoxy) is 1. The maximum Gasteiger partial charge on any atom is 0.272 e. The molecule has 3 heterocycles. The van der Waals surface area contributed by atoms with Crippen LogP contribution in [0.15, 0.2) is 59.9 Å². The molecule has 2 amide bonds. The highest BCUT2D eigenvalue weighted by atomic mass is 35.5. The molecule has 5 rings (SSSR count). The first-order chi connectivity index (χ1) is 16.8. The Kier molecular flexibility index (Phi) is 5.75. The molecule has 0 radical (unpaired) electrons. The predicted molar refractivity (Wildman–Crippen MR) is 128 cm³/mol. The topological polar surface area (TPSA) is 155 Å². The fourth-order valence-corrected chi connectivity index (χ4v) is 4.70. The van der Waals surface area contributed by atoms with E-state index < -0.39 is 15.9 Å². The second-order valence-electron chi connectivity index (χ2n) is 7.56. The molecule has 0 atom stereocenters. The van der Waals surface area contributed by atoms with Crippen molar-refractivity contribution in [3.63, 3.8) is 0 Å². The maximum absolute atomic E-state index is 12.9. The van der Waals surface area contributed by atoms with Crippen LogP contribution in [0.4, 0.5) is 11.4 Å². The first-order valence-electron chi connectivity index (χ1n) is 10.2. The van der Waals surface area contributed by atoms with Gasteiger partial charge in [0.1, 0.15) is 17.6 Å². The van der Waals surface area contributed by atoms with Gasteiger partial charge in [0.2, 0.25) is 0 Å². The number of hydrogen-bond donors (Lipinski definition) is 4. The van der Waals surface area contributed by atoms with Crippen molar-refractivity contribution >= 4 is 55.8 Å². The van der Waals surface area contributed by atoms with Crippen molar-refractivity contribution in [2.45, 2.75) is 11.4 Å². The number of carbonyl (C=O) groups is 2. The summed E-state index contributed by atoms with van der Waals surface area (Å²) < 4.78 is 33.3. The van der Waals surface area contributed by atoms with Gasteiger partial charge >= 0.3 is 0 Å². The number of rotatable bonds is 6. The molecule has 0 aliphatic carbocycles. The second-order valence-corrected chi connectivity index (χ2v) is 9.68. The molecule has 4 aromatic rings. The van der Waals surface area contributed by atoms with Crippen LogP contribution in [0.25, 0.3) is 11.0 Å². The molecule has 0 saturated carbocycles. The summed E-state index contributed by atoms with van der Waals surface area (Å²) in [5.74, 6) is -0.196. The third-order valence-corrected chi connectivity index (χ3v) is 6.81. The summed E-state index contributed by atoms with van der Waals surface area (Å²) in [5.41, 5.74) is 1.97. The fourth-order valence-electron chi connectivity index (χ4n) is 3.51. The number of nitrogens with one attached hydrogen (secondary N) is 4. The number of amides is 2. The van der Waals surface area contributed by atoms with Gasteiger partial charge in [-0.1, -0.05) is 17.7 Å². The summed E-state index contributed by atoms with van der Waals surface area (Å²) in [6.45, 7) is 0.116. The third-order valence-electron chi connectivity index (χ3n) is 5.18. The Morgan fingerprint density at radius 3 is 2.74 bits per heavy atom. The van der Waals surface area contributed by atoms with E-state index in [4.69, 9.17) is 16.3 Å². The highest BCUT2D eigenvalue weighted by Crippen LogP contribution is 2.29. The number of halogens is 1. The minimum absolute atomic E-state index is 0.0231. The zero-order chi connectivity index (χ0) is 24.6. The van der Waals surface area contributed by atoms with Gasteiger partial charge in [0.25, 0.3) is 21.8 Å². The first kappa shape index (κ1) is 22.6. The number of anilines is 2. The van der Waals surface area contributed by atoms with Crippen molar-refractivity contribution in [3.05, 3.63) is 71.3 Å². The van der Waals surface area contributed by atoms with Crippen LogP contribution in [0, 0.1) is 0 Å². The number of H-pyrrole nitrogens is 1. The summed E-state index contributed by atoms with van der Waals surface area (Å²) in [7, 11) is -3.91. The number of benzene rings is 2. The molecule has 1 aliphatic heterocycles. The third kappa shape index (κ3) is 4.61. The Labute approximate surface area is 203 Å². The summed E-state index contributed by atoms with van der Waals surface area (Å²) >= 11 is 5.83. The molecule has 1 aliphatic rings. The van der Waals surface area contributed by atoms with E-state index >= 15 is 0 Å². The molecule has 178 valence electrons. The van der Waals surface area contributed by atoms with Gasteiger partial charge in [0.05, 0.1) is 21.8 Å². The van der Waals surface area contributed by atoms with Crippen LogP contribution in [0.2, 0.25) is 5.02 Å². The van der Waals surface area contributed by atoms with E-state index in [1.54, 1.807) is 18.2 Å². The summed E-state index contributed by atoms with van der Waals surface area (Å²) in [6, 6.07) is 10.9. The zero-order valence-corrected chi connectivity index (χ0v) is 19.4. The molecule has 0 unspecified atom stereocenters. The molecule has 2 aromatic carbocycles. The van der Waals surface area contributed by atoms with Gasteiger partial charge in [0.15, 0.2) is 12.3 Å². The fraction of sp³-hybridized carbons (Fsp3) is 0.0909. The Balaban J connectivity index is 1.34. The van der Waals surface area contributed by atoms with Gasteiger partial charge in [-0.15, -0.1) is 0 Å². The summed E-state index contributed by atoms with van der Waals surface area (Å²) in [6.07, 6.45) is 2.58. The van der Waals surface area contributed by atoms with Crippen molar-refractivity contribution in [3.8, 4) is 5.75 Å². The molecule has 0 bridgehead atoms. The van der Waals surface area contributed by atoms with Crippen molar-refractivity contribution in [1.29, 1.82) is 0 Å². The van der Waals surface area contributed by atoms with Gasteiger partial charge in [-0.3, -0.25) is 14.3 Å². The monoisotopic (exact) mass is 512 g/mol. The Morgan fingerprint density at radius 2 is 1.94 bits per heavy atom. The van der Waals surface area contributed by atoms with Gasteiger partial charge in [-0.2, -0.15) is 0 Å². The molecule has 0 spiro atoms. The average molecular weight is 513 g/mol. The van der Waals surface area contributed by atoms with Crippen LogP contribution in [-0.2, 0) is 21.4 Å². The normalized spacial score (nSPS) is 13.0. The van der Waals surface area contributed by atoms with Crippen LogP contribution in [0.5, 0.6) is 5.75 Å². The SMILES string of the molecule is O=C1COc2ccc(CNC(=O)c3ncnc4c(NS(=O)(=O)c5ccc(Cl)cc5)c[nH]c34)cc2N1. The largest absolute Gasteiger partial charge is 0.482 e. The van der Waals surface area contributed by atoms with Crippen LogP contribution < -0.4 is 20.1 Å². The standard InChI is InChI=1S/C22H17ClN6O5S/c23-13-2-4-14(5-3-13)35(32,33)29-16-9-24-20-19(16)26-11-27-21(20)22(31)25-8-12-1-6-17-15(7-12)28-18(30)10-34-17/h1-7,9,11,24,29H,8,10H2,(H,25,31)(H,28,30). The average Bonchev–Trinajstić information content (AvgIpc) is 3.24. The lowest BCUT2D eigenvalue weighted by atomic mass is 10.1. The lowest BCUT2D eigenvalue weighted by molar-refractivity contribution is -0.118. The molecule has 11 nitrogen and oxygen atoms in total. The number of carbonyl (C=O) groups excluding carboxylic acids is 2. The predicted octanol–water partition coefficient (Wildman–Crippen LogP) is 2.67. The Bertz CT molecular complexity index is 1570. The minimum Gasteiger partial charge on any atom is -0.482 e. The second kappa shape index (κ2) is 8.89. The molecule has 35 heavy (non-hydrogen) atoms. The molecule has 4 N–H and O–H groups in total. The van der Waals surface area contributed by atoms with E-state index in [0.29, 0.717) is 16.5 Å². The molecule has 13 heteroatoms. The van der Waals surface area contributed by atoms with Crippen molar-refractivity contribution < 1.29 is 22.7 Å². The van der Waals surface area contributed by atoms with Gasteiger partial charge in [-0.05, 0) is 42.0 Å². The number of nitrogens with zero attached hydrogens (tertiary/aromatic N) is 2. The first-order valence-corrected chi connectivity index (χ1v) is 12.1. The highest BCUT2D eigenvalue weighted by molar-refractivity contribution is 7.92. The lowest BCUT2D eigenvalue weighted by Crippen LogP contribution is -2.26. The quantitative estimate of drug-likeness (QED) is 0.309. The molecule has 2 aromatic heterocycles. The van der Waals surface area contributed by atoms with E-state index in [1.807, 2.05) is 0 Å². The summed E-state index contributed by atoms with van der Waals surface area (Å²) in [4.78, 5) is 35.4. The van der Waals surface area contributed by atoms with Gasteiger partial charge in [-0.25, -0.2) is 18.4 Å². The summed E-state index contributed by atoms with van der Waals surface area (Å²) in [5, 5.41) is 5.89. The van der Waals surface area contributed by atoms with Crippen molar-refractivity contribution in [2.75, 3.05) is 16.6 Å². The lowest BCUT2D eigenvalue weighted by Gasteiger charge is -2.18. The van der Waals surface area contributed by atoms with Crippen LogP contribution >= 0.6 is 11.6 Å². The van der Waals surface area contributed by atoms with E-state index in [1.165, 1.54) is 36.8 Å². The van der Waals surface area contributed by atoms with Crippen molar-refractivity contribution in [1.82, 2.24) is 20.3 Å². The number of fused-ring (bicyclic) bond motifs is 2. The molecular formula is C22H17ClN6O5S. The maximum atomic E-state index is 12.9. The van der Waals surface area contributed by atoms with Crippen molar-refractivity contribution in [2.24, 2.45) is 0 Å². The van der Waals surface area contributed by atoms with Gasteiger partial charge in [0, 0.05) is 17.8 Å².